The summed E-state index contributed by atoms with van der Waals surface area (Å²) < 4.78 is 43.2. The molecule has 0 saturated heterocycles. The zero-order valence-electron chi connectivity index (χ0n) is 21.0. The van der Waals surface area contributed by atoms with Crippen molar-refractivity contribution in [2.24, 2.45) is 0 Å². The number of carbonyl (C=O) groups excluding carboxylic acids is 1. The van der Waals surface area contributed by atoms with Crippen molar-refractivity contribution in [3.05, 3.63) is 60.4 Å². The maximum atomic E-state index is 12.6. The quantitative estimate of drug-likeness (QED) is 0.286. The Labute approximate surface area is 222 Å². The molecule has 210 valence electrons. The van der Waals surface area contributed by atoms with Gasteiger partial charge >= 0.3 is 18.2 Å². The molecule has 13 heteroatoms. The normalized spacial score (nSPS) is 16.8. The van der Waals surface area contributed by atoms with Gasteiger partial charge in [0.15, 0.2) is 0 Å². The summed E-state index contributed by atoms with van der Waals surface area (Å²) in [5.41, 5.74) is 3.40. The molecule has 0 atom stereocenters. The van der Waals surface area contributed by atoms with Crippen LogP contribution in [0.4, 0.5) is 23.7 Å². The maximum absolute atomic E-state index is 12.6. The van der Waals surface area contributed by atoms with E-state index in [9.17, 15) is 23.1 Å². The number of aromatic nitrogens is 2. The number of aromatic amines is 1. The number of carbonyl (C=O) groups is 2. The minimum absolute atomic E-state index is 0.00149. The number of carboxylic acid groups (broad SMARTS) is 1. The Hall–Kier alpha value is -4.26. The molecule has 4 rings (SSSR count). The van der Waals surface area contributed by atoms with Gasteiger partial charge in [-0.15, -0.1) is 0 Å². The first-order chi connectivity index (χ1) is 18.5. The first-order valence-electron chi connectivity index (χ1n) is 12.0. The highest BCUT2D eigenvalue weighted by molar-refractivity contribution is 5.91. The molecular weight excluding hydrogens is 521 g/mol. The van der Waals surface area contributed by atoms with Gasteiger partial charge in [0, 0.05) is 18.3 Å². The first-order valence-corrected chi connectivity index (χ1v) is 12.0. The molecule has 0 bridgehead atoms. The molecule has 39 heavy (non-hydrogen) atoms. The van der Waals surface area contributed by atoms with Crippen LogP contribution < -0.4 is 20.1 Å². The number of nitrogens with one attached hydrogen (secondary N) is 3. The highest BCUT2D eigenvalue weighted by Crippen LogP contribution is 2.33. The first kappa shape index (κ1) is 29.3. The third kappa shape index (κ3) is 9.21. The number of amides is 2. The van der Waals surface area contributed by atoms with E-state index in [-0.39, 0.29) is 18.2 Å². The molecule has 5 N–H and O–H groups in total. The van der Waals surface area contributed by atoms with Crippen LogP contribution in [0.15, 0.2) is 54.9 Å². The molecule has 1 heterocycles. The fraction of sp³-hybridized carbons (Fsp3) is 0.346. The van der Waals surface area contributed by atoms with E-state index in [1.807, 2.05) is 48.7 Å². The standard InChI is InChI=1S/C24H28N4O4.C2HF3O2/c1-31-21-4-2-3-16(11-21)13-25-24(30)28-22-10-5-17(18-14-26-27-15-18)12-23(22)32-20-8-6-19(29)7-9-20;3-2(4,5)1(6)7/h2-5,10-12,14-15,19-20,29H,6-9,13H2,1H3,(H,26,27)(H2,25,28,30);(H,6,7). The molecule has 0 aliphatic heterocycles. The summed E-state index contributed by atoms with van der Waals surface area (Å²) in [7, 11) is 1.61. The minimum Gasteiger partial charge on any atom is -0.497 e. The Bertz CT molecular complexity index is 1230. The number of aliphatic carboxylic acids is 1. The average Bonchev–Trinajstić information content (AvgIpc) is 3.45. The highest BCUT2D eigenvalue weighted by atomic mass is 19.4. The molecule has 1 aliphatic carbocycles. The van der Waals surface area contributed by atoms with E-state index in [4.69, 9.17) is 19.4 Å². The van der Waals surface area contributed by atoms with Crippen molar-refractivity contribution >= 4 is 17.7 Å². The summed E-state index contributed by atoms with van der Waals surface area (Å²) in [5.74, 6) is -1.41. The molecule has 2 aromatic carbocycles. The number of benzene rings is 2. The summed E-state index contributed by atoms with van der Waals surface area (Å²) in [4.78, 5) is 21.5. The Balaban J connectivity index is 0.000000532. The molecule has 2 amide bonds. The SMILES string of the molecule is COc1cccc(CNC(=O)Nc2ccc(-c3cn[nH]c3)cc2OC2CCC(O)CC2)c1.O=C(O)C(F)(F)F. The number of alkyl halides is 3. The number of aliphatic hydroxyl groups excluding tert-OH is 1. The molecule has 0 spiro atoms. The van der Waals surface area contributed by atoms with Crippen LogP contribution in [0.25, 0.3) is 11.1 Å². The molecule has 3 aromatic rings. The molecule has 1 saturated carbocycles. The number of rotatable bonds is 7. The Kier molecular flexibility index (Phi) is 10.1. The number of H-pyrrole nitrogens is 1. The third-order valence-corrected chi connectivity index (χ3v) is 5.83. The molecule has 0 radical (unpaired) electrons. The van der Waals surface area contributed by atoms with Crippen LogP contribution in [0.1, 0.15) is 31.2 Å². The minimum atomic E-state index is -5.08. The molecule has 0 unspecified atom stereocenters. The third-order valence-electron chi connectivity index (χ3n) is 5.83. The summed E-state index contributed by atoms with van der Waals surface area (Å²) in [6, 6.07) is 12.9. The largest absolute Gasteiger partial charge is 0.497 e. The van der Waals surface area contributed by atoms with Gasteiger partial charge in [-0.3, -0.25) is 5.10 Å². The molecular formula is C26H29F3N4O6. The number of urea groups is 1. The number of halogens is 3. The number of hydrogen-bond donors (Lipinski definition) is 5. The number of aliphatic hydroxyl groups is 1. The lowest BCUT2D eigenvalue weighted by atomic mass is 9.95. The fourth-order valence-electron chi connectivity index (χ4n) is 3.79. The summed E-state index contributed by atoms with van der Waals surface area (Å²) >= 11 is 0. The lowest BCUT2D eigenvalue weighted by Gasteiger charge is -2.27. The zero-order valence-corrected chi connectivity index (χ0v) is 21.0. The van der Waals surface area contributed by atoms with Crippen molar-refractivity contribution in [2.75, 3.05) is 12.4 Å². The summed E-state index contributed by atoms with van der Waals surface area (Å²) in [6.07, 6.45) is 1.20. The molecule has 10 nitrogen and oxygen atoms in total. The van der Waals surface area contributed by atoms with E-state index >= 15 is 0 Å². The second kappa shape index (κ2) is 13.5. The van der Waals surface area contributed by atoms with Crippen molar-refractivity contribution in [2.45, 2.75) is 50.6 Å². The second-order valence-electron chi connectivity index (χ2n) is 8.71. The van der Waals surface area contributed by atoms with Crippen molar-refractivity contribution in [3.8, 4) is 22.6 Å². The highest BCUT2D eigenvalue weighted by Gasteiger charge is 2.38. The van der Waals surface area contributed by atoms with Crippen LogP contribution in [0.3, 0.4) is 0 Å². The van der Waals surface area contributed by atoms with Crippen LogP contribution in [0.5, 0.6) is 11.5 Å². The number of ether oxygens (including phenoxy) is 2. The number of hydrogen-bond acceptors (Lipinski definition) is 6. The molecule has 1 aromatic heterocycles. The van der Waals surface area contributed by atoms with E-state index in [1.54, 1.807) is 13.3 Å². The van der Waals surface area contributed by atoms with Gasteiger partial charge in [-0.2, -0.15) is 18.3 Å². The average molecular weight is 551 g/mol. The lowest BCUT2D eigenvalue weighted by Crippen LogP contribution is -2.29. The van der Waals surface area contributed by atoms with Crippen molar-refractivity contribution < 1.29 is 42.4 Å². The number of nitrogens with zero attached hydrogens (tertiary/aromatic N) is 1. The van der Waals surface area contributed by atoms with Crippen LogP contribution in [-0.2, 0) is 11.3 Å². The van der Waals surface area contributed by atoms with Gasteiger partial charge in [-0.05, 0) is 61.1 Å². The Morgan fingerprint density at radius 2 is 1.82 bits per heavy atom. The predicted octanol–water partition coefficient (Wildman–Crippen LogP) is 4.72. The summed E-state index contributed by atoms with van der Waals surface area (Å²) in [6.45, 7) is 0.368. The van der Waals surface area contributed by atoms with Crippen LogP contribution >= 0.6 is 0 Å². The van der Waals surface area contributed by atoms with Crippen LogP contribution in [-0.4, -0.2) is 57.9 Å². The van der Waals surface area contributed by atoms with Gasteiger partial charge in [0.05, 0.1) is 31.2 Å². The number of methoxy groups -OCH3 is 1. The van der Waals surface area contributed by atoms with Gasteiger partial charge in [0.25, 0.3) is 0 Å². The van der Waals surface area contributed by atoms with Gasteiger partial charge < -0.3 is 30.3 Å². The lowest BCUT2D eigenvalue weighted by molar-refractivity contribution is -0.192. The topological polar surface area (TPSA) is 146 Å². The van der Waals surface area contributed by atoms with Gasteiger partial charge in [0.1, 0.15) is 11.5 Å². The Morgan fingerprint density at radius 1 is 1.10 bits per heavy atom. The van der Waals surface area contributed by atoms with Crippen LogP contribution in [0.2, 0.25) is 0 Å². The van der Waals surface area contributed by atoms with Crippen molar-refractivity contribution in [3.63, 3.8) is 0 Å². The van der Waals surface area contributed by atoms with Gasteiger partial charge in [0.2, 0.25) is 0 Å². The maximum Gasteiger partial charge on any atom is 0.490 e. The van der Waals surface area contributed by atoms with E-state index in [2.05, 4.69) is 20.8 Å². The number of carboxylic acids is 1. The van der Waals surface area contributed by atoms with E-state index in [1.165, 1.54) is 0 Å². The van der Waals surface area contributed by atoms with Gasteiger partial charge in [-0.1, -0.05) is 18.2 Å². The molecule has 1 aliphatic rings. The molecule has 1 fully saturated rings. The smallest absolute Gasteiger partial charge is 0.490 e. The van der Waals surface area contributed by atoms with E-state index in [0.29, 0.717) is 18.0 Å². The monoisotopic (exact) mass is 550 g/mol. The second-order valence-corrected chi connectivity index (χ2v) is 8.71. The fourth-order valence-corrected chi connectivity index (χ4v) is 3.79. The predicted molar refractivity (Wildman–Crippen MR) is 135 cm³/mol. The van der Waals surface area contributed by atoms with Crippen LogP contribution in [0, 0.1) is 0 Å². The van der Waals surface area contributed by atoms with Crippen molar-refractivity contribution in [1.82, 2.24) is 15.5 Å². The number of anilines is 1. The zero-order chi connectivity index (χ0) is 28.4. The Morgan fingerprint density at radius 3 is 2.44 bits per heavy atom. The van der Waals surface area contributed by atoms with E-state index in [0.717, 1.165) is 48.1 Å². The van der Waals surface area contributed by atoms with E-state index < -0.39 is 12.1 Å². The van der Waals surface area contributed by atoms with Gasteiger partial charge in [-0.25, -0.2) is 9.59 Å². The summed E-state index contributed by atoms with van der Waals surface area (Å²) in [5, 5.41) is 29.5. The van der Waals surface area contributed by atoms with Crippen molar-refractivity contribution in [1.29, 1.82) is 0 Å².